The van der Waals surface area contributed by atoms with E-state index in [2.05, 4.69) is 24.1 Å². The highest BCUT2D eigenvalue weighted by Gasteiger charge is 2.36. The standard InChI is InChI=1S/C21H24F3N3O/c1-14(2)15-5-7-17(8-6-15)26-20(28)16-9-12-27(13-10-16)19-18(21(22,23)24)4-3-11-25-19/h3-8,11,14,16H,9-10,12-13H2,1-2H3,(H,26,28). The molecule has 1 aliphatic heterocycles. The molecule has 1 aromatic heterocycles. The first-order chi connectivity index (χ1) is 13.3. The van der Waals surface area contributed by atoms with Crippen LogP contribution in [0.3, 0.4) is 0 Å². The molecule has 0 bridgehead atoms. The van der Waals surface area contributed by atoms with Gasteiger partial charge in [-0.15, -0.1) is 0 Å². The monoisotopic (exact) mass is 391 g/mol. The molecule has 28 heavy (non-hydrogen) atoms. The van der Waals surface area contributed by atoms with E-state index in [1.54, 1.807) is 4.90 Å². The zero-order valence-corrected chi connectivity index (χ0v) is 16.0. The average Bonchev–Trinajstić information content (AvgIpc) is 2.68. The number of pyridine rings is 1. The third kappa shape index (κ3) is 4.64. The maximum Gasteiger partial charge on any atom is 0.419 e. The van der Waals surface area contributed by atoms with Gasteiger partial charge in [0.15, 0.2) is 0 Å². The van der Waals surface area contributed by atoms with E-state index >= 15 is 0 Å². The number of benzene rings is 1. The number of hydrogen-bond donors (Lipinski definition) is 1. The van der Waals surface area contributed by atoms with Crippen LogP contribution in [0.5, 0.6) is 0 Å². The second kappa shape index (κ2) is 8.20. The molecule has 0 aliphatic carbocycles. The molecular formula is C21H24F3N3O. The molecular weight excluding hydrogens is 367 g/mol. The quantitative estimate of drug-likeness (QED) is 0.791. The van der Waals surface area contributed by atoms with Crippen LogP contribution in [0.4, 0.5) is 24.7 Å². The van der Waals surface area contributed by atoms with Crippen molar-refractivity contribution in [1.82, 2.24) is 4.98 Å². The van der Waals surface area contributed by atoms with Gasteiger partial charge in [-0.1, -0.05) is 26.0 Å². The summed E-state index contributed by atoms with van der Waals surface area (Å²) in [7, 11) is 0. The smallest absolute Gasteiger partial charge is 0.356 e. The molecule has 1 saturated heterocycles. The van der Waals surface area contributed by atoms with Crippen molar-refractivity contribution >= 4 is 17.4 Å². The Morgan fingerprint density at radius 3 is 2.36 bits per heavy atom. The average molecular weight is 391 g/mol. The Labute approximate surface area is 162 Å². The first kappa shape index (κ1) is 20.2. The first-order valence-electron chi connectivity index (χ1n) is 9.43. The number of carbonyl (C=O) groups is 1. The maximum absolute atomic E-state index is 13.2. The number of aromatic nitrogens is 1. The maximum atomic E-state index is 13.2. The van der Waals surface area contributed by atoms with Crippen molar-refractivity contribution in [3.05, 3.63) is 53.7 Å². The van der Waals surface area contributed by atoms with Gasteiger partial charge in [0.05, 0.1) is 5.56 Å². The number of halogens is 3. The van der Waals surface area contributed by atoms with Gasteiger partial charge in [-0.2, -0.15) is 13.2 Å². The normalized spacial score (nSPS) is 15.7. The van der Waals surface area contributed by atoms with Crippen molar-refractivity contribution in [1.29, 1.82) is 0 Å². The number of nitrogens with zero attached hydrogens (tertiary/aromatic N) is 2. The molecule has 0 spiro atoms. The first-order valence-corrected chi connectivity index (χ1v) is 9.43. The summed E-state index contributed by atoms with van der Waals surface area (Å²) < 4.78 is 39.6. The summed E-state index contributed by atoms with van der Waals surface area (Å²) >= 11 is 0. The van der Waals surface area contributed by atoms with Crippen molar-refractivity contribution in [3.8, 4) is 0 Å². The Hall–Kier alpha value is -2.57. The lowest BCUT2D eigenvalue weighted by atomic mass is 9.95. The van der Waals surface area contributed by atoms with E-state index < -0.39 is 11.7 Å². The number of piperidine rings is 1. The third-order valence-electron chi connectivity index (χ3n) is 5.10. The van der Waals surface area contributed by atoms with E-state index in [0.717, 1.165) is 11.8 Å². The fraction of sp³-hybridized carbons (Fsp3) is 0.429. The Balaban J connectivity index is 1.60. The van der Waals surface area contributed by atoms with Gasteiger partial charge >= 0.3 is 6.18 Å². The van der Waals surface area contributed by atoms with E-state index in [1.807, 2.05) is 24.3 Å². The van der Waals surface area contributed by atoms with Crippen molar-refractivity contribution < 1.29 is 18.0 Å². The number of amides is 1. The SMILES string of the molecule is CC(C)c1ccc(NC(=O)C2CCN(c3ncccc3C(F)(F)F)CC2)cc1. The molecule has 1 aliphatic rings. The highest BCUT2D eigenvalue weighted by molar-refractivity contribution is 5.92. The Kier molecular flexibility index (Phi) is 5.91. The lowest BCUT2D eigenvalue weighted by Gasteiger charge is -2.33. The molecule has 1 N–H and O–H groups in total. The minimum absolute atomic E-state index is 0.0573. The van der Waals surface area contributed by atoms with E-state index in [1.165, 1.54) is 17.8 Å². The highest BCUT2D eigenvalue weighted by Crippen LogP contribution is 2.36. The summed E-state index contributed by atoms with van der Waals surface area (Å²) in [4.78, 5) is 18.1. The molecule has 1 fully saturated rings. The predicted molar refractivity (Wildman–Crippen MR) is 103 cm³/mol. The summed E-state index contributed by atoms with van der Waals surface area (Å²) in [6.07, 6.45) is -2.10. The van der Waals surface area contributed by atoms with Crippen molar-refractivity contribution in [3.63, 3.8) is 0 Å². The van der Waals surface area contributed by atoms with Crippen molar-refractivity contribution in [2.45, 2.75) is 38.8 Å². The summed E-state index contributed by atoms with van der Waals surface area (Å²) in [5.74, 6) is 0.0495. The summed E-state index contributed by atoms with van der Waals surface area (Å²) in [5.41, 5.74) is 1.20. The van der Waals surface area contributed by atoms with Crippen LogP contribution in [0.15, 0.2) is 42.6 Å². The topological polar surface area (TPSA) is 45.2 Å². The van der Waals surface area contributed by atoms with E-state index in [9.17, 15) is 18.0 Å². The fourth-order valence-corrected chi connectivity index (χ4v) is 3.42. The largest absolute Gasteiger partial charge is 0.419 e. The Bertz CT molecular complexity index is 810. The molecule has 7 heteroatoms. The van der Waals surface area contributed by atoms with Crippen LogP contribution >= 0.6 is 0 Å². The minimum Gasteiger partial charge on any atom is -0.356 e. The molecule has 3 rings (SSSR count). The van der Waals surface area contributed by atoms with Crippen LogP contribution in [0.2, 0.25) is 0 Å². The Morgan fingerprint density at radius 2 is 1.79 bits per heavy atom. The summed E-state index contributed by atoms with van der Waals surface area (Å²) in [6.45, 7) is 4.94. The third-order valence-corrected chi connectivity index (χ3v) is 5.10. The van der Waals surface area contributed by atoms with Crippen LogP contribution < -0.4 is 10.2 Å². The molecule has 150 valence electrons. The van der Waals surface area contributed by atoms with Crippen LogP contribution in [0.25, 0.3) is 0 Å². The van der Waals surface area contributed by atoms with E-state index in [0.29, 0.717) is 31.8 Å². The number of anilines is 2. The minimum atomic E-state index is -4.44. The fourth-order valence-electron chi connectivity index (χ4n) is 3.42. The molecule has 2 heterocycles. The molecule has 1 aromatic carbocycles. The van der Waals surface area contributed by atoms with E-state index in [4.69, 9.17) is 0 Å². The molecule has 0 unspecified atom stereocenters. The van der Waals surface area contributed by atoms with Gasteiger partial charge in [0.25, 0.3) is 0 Å². The van der Waals surface area contributed by atoms with Gasteiger partial charge in [0, 0.05) is 30.9 Å². The lowest BCUT2D eigenvalue weighted by molar-refractivity contribution is -0.137. The van der Waals surface area contributed by atoms with Crippen LogP contribution in [-0.4, -0.2) is 24.0 Å². The van der Waals surface area contributed by atoms with E-state index in [-0.39, 0.29) is 17.6 Å². The lowest BCUT2D eigenvalue weighted by Crippen LogP contribution is -2.39. The van der Waals surface area contributed by atoms with Crippen LogP contribution in [0, 0.1) is 5.92 Å². The second-order valence-electron chi connectivity index (χ2n) is 7.40. The van der Waals surface area contributed by atoms with Crippen LogP contribution in [-0.2, 0) is 11.0 Å². The number of hydrogen-bond acceptors (Lipinski definition) is 3. The predicted octanol–water partition coefficient (Wildman–Crippen LogP) is 5.08. The van der Waals surface area contributed by atoms with Crippen molar-refractivity contribution in [2.75, 3.05) is 23.3 Å². The molecule has 4 nitrogen and oxygen atoms in total. The van der Waals surface area contributed by atoms with Gasteiger partial charge in [0.2, 0.25) is 5.91 Å². The number of nitrogens with one attached hydrogen (secondary N) is 1. The zero-order chi connectivity index (χ0) is 20.3. The number of carbonyl (C=O) groups excluding carboxylic acids is 1. The van der Waals surface area contributed by atoms with Crippen molar-refractivity contribution in [2.24, 2.45) is 5.92 Å². The summed E-state index contributed by atoms with van der Waals surface area (Å²) in [6, 6.07) is 10.1. The van der Waals surface area contributed by atoms with Gasteiger partial charge in [-0.05, 0) is 48.6 Å². The second-order valence-corrected chi connectivity index (χ2v) is 7.40. The molecule has 2 aromatic rings. The number of rotatable bonds is 4. The molecule has 0 radical (unpaired) electrons. The highest BCUT2D eigenvalue weighted by atomic mass is 19.4. The number of alkyl halides is 3. The van der Waals surface area contributed by atoms with Gasteiger partial charge in [-0.25, -0.2) is 4.98 Å². The molecule has 0 atom stereocenters. The van der Waals surface area contributed by atoms with Gasteiger partial charge in [-0.3, -0.25) is 4.79 Å². The Morgan fingerprint density at radius 1 is 1.14 bits per heavy atom. The molecule has 0 saturated carbocycles. The molecule has 1 amide bonds. The van der Waals surface area contributed by atoms with Gasteiger partial charge < -0.3 is 10.2 Å². The zero-order valence-electron chi connectivity index (χ0n) is 16.0. The van der Waals surface area contributed by atoms with Crippen LogP contribution in [0.1, 0.15) is 43.7 Å². The van der Waals surface area contributed by atoms with Gasteiger partial charge in [0.1, 0.15) is 5.82 Å². The summed E-state index contributed by atoms with van der Waals surface area (Å²) in [5, 5.41) is 2.91.